The number of phenols is 1. The molecule has 6 unspecified atom stereocenters. The topological polar surface area (TPSA) is 95.0 Å². The second kappa shape index (κ2) is 10.2. The molecule has 2 saturated heterocycles. The number of benzene rings is 3. The van der Waals surface area contributed by atoms with Gasteiger partial charge in [-0.25, -0.2) is 4.90 Å². The number of alkyl halides is 8. The summed E-state index contributed by atoms with van der Waals surface area (Å²) in [5.74, 6) is -9.27. The third-order valence-electron chi connectivity index (χ3n) is 10.1. The molecule has 2 aliphatic carbocycles. The number of anilines is 1. The Hall–Kier alpha value is -4.10. The van der Waals surface area contributed by atoms with Crippen LogP contribution in [-0.2, 0) is 31.5 Å². The number of hydrogen-bond donors (Lipinski definition) is 1. The van der Waals surface area contributed by atoms with E-state index < -0.39 is 92.6 Å². The van der Waals surface area contributed by atoms with E-state index in [1.807, 2.05) is 0 Å². The molecule has 1 saturated carbocycles. The fourth-order valence-corrected chi connectivity index (χ4v) is 8.93. The van der Waals surface area contributed by atoms with Gasteiger partial charge < -0.3 is 5.11 Å². The highest BCUT2D eigenvalue weighted by Gasteiger charge is 2.76. The highest BCUT2D eigenvalue weighted by Crippen LogP contribution is 2.66. The number of carbonyl (C=O) groups excluding carboxylic acids is 4. The normalized spacial score (nSPS) is 30.5. The van der Waals surface area contributed by atoms with Crippen molar-refractivity contribution in [2.75, 3.05) is 11.9 Å². The molecular weight excluding hydrogens is 689 g/mol. The fourth-order valence-electron chi connectivity index (χ4n) is 7.92. The number of carbonyl (C=O) groups is 4. The van der Waals surface area contributed by atoms with Gasteiger partial charge in [0.25, 0.3) is 11.8 Å². The van der Waals surface area contributed by atoms with Crippen molar-refractivity contribution in [2.45, 2.75) is 40.9 Å². The number of phenolic OH excluding ortho intramolecular Hbond substituents is 1. The lowest BCUT2D eigenvalue weighted by Gasteiger charge is -2.50. The zero-order valence-corrected chi connectivity index (χ0v) is 26.0. The Kier molecular flexibility index (Phi) is 6.90. The van der Waals surface area contributed by atoms with Crippen LogP contribution < -0.4 is 4.90 Å². The van der Waals surface area contributed by atoms with Crippen molar-refractivity contribution in [3.8, 4) is 5.75 Å². The molecule has 4 aliphatic rings. The van der Waals surface area contributed by atoms with Crippen LogP contribution in [0.2, 0.25) is 0 Å². The molecule has 3 aromatic rings. The van der Waals surface area contributed by atoms with Crippen LogP contribution in [-0.4, -0.2) is 50.4 Å². The molecule has 0 aromatic heterocycles. The van der Waals surface area contributed by atoms with Crippen molar-refractivity contribution < 1.29 is 50.6 Å². The second-order valence-electron chi connectivity index (χ2n) is 12.5. The molecule has 0 radical (unpaired) electrons. The number of nitrogens with zero attached hydrogens (tertiary/aromatic N) is 2. The van der Waals surface area contributed by atoms with Gasteiger partial charge in [-0.05, 0) is 42.3 Å². The molecule has 7 nitrogen and oxygen atoms in total. The molecule has 2 heterocycles. The number of halogens is 8. The lowest BCUT2D eigenvalue weighted by molar-refractivity contribution is -0.143. The van der Waals surface area contributed by atoms with Gasteiger partial charge in [0, 0.05) is 23.9 Å². The van der Waals surface area contributed by atoms with Crippen LogP contribution in [0.15, 0.2) is 66.2 Å². The van der Waals surface area contributed by atoms with Gasteiger partial charge in [-0.3, -0.25) is 24.1 Å². The maximum atomic E-state index is 14.1. The maximum absolute atomic E-state index is 14.1. The number of rotatable bonds is 2. The Bertz CT molecular complexity index is 1980. The molecule has 15 heteroatoms. The quantitative estimate of drug-likeness (QED) is 0.137. The van der Waals surface area contributed by atoms with E-state index in [-0.39, 0.29) is 29.4 Å². The molecule has 250 valence electrons. The van der Waals surface area contributed by atoms with Gasteiger partial charge >= 0.3 is 12.4 Å². The van der Waals surface area contributed by atoms with Gasteiger partial charge in [-0.2, -0.15) is 26.3 Å². The summed E-state index contributed by atoms with van der Waals surface area (Å²) in [6, 6.07) is 10.4. The van der Waals surface area contributed by atoms with Crippen molar-refractivity contribution in [3.05, 3.63) is 82.9 Å². The number of fused-ring (bicyclic) bond motifs is 5. The Balaban J connectivity index is 1.39. The van der Waals surface area contributed by atoms with Gasteiger partial charge in [0.05, 0.1) is 28.7 Å². The number of likely N-dealkylation sites (tertiary alicyclic amines) is 1. The molecule has 1 N–H and O–H groups in total. The highest BCUT2D eigenvalue weighted by atomic mass is 35.5. The van der Waals surface area contributed by atoms with Gasteiger partial charge in [-0.1, -0.05) is 48.0 Å². The molecule has 0 bridgehead atoms. The predicted molar refractivity (Wildman–Crippen MR) is 160 cm³/mol. The zero-order valence-electron chi connectivity index (χ0n) is 24.5. The summed E-state index contributed by atoms with van der Waals surface area (Å²) in [5, 5.41) is 12.5. The SMILES string of the molecule is CN1C(=O)C2(Cl)CC3C(=CCC4C(=O)N(c5cc(C(F)(F)F)cc(C(F)(F)F)c5)C(=O)C43)C(c3ccc4ccccc4c3O)C2(Cl)C1=O. The largest absolute Gasteiger partial charge is 0.507 e. The van der Waals surface area contributed by atoms with Crippen LogP contribution in [0.1, 0.15) is 35.4 Å². The third-order valence-corrected chi connectivity index (χ3v) is 11.5. The maximum Gasteiger partial charge on any atom is 0.416 e. The van der Waals surface area contributed by atoms with Crippen molar-refractivity contribution in [3.63, 3.8) is 0 Å². The number of hydrogen-bond acceptors (Lipinski definition) is 5. The Morgan fingerprint density at radius 2 is 1.46 bits per heavy atom. The summed E-state index contributed by atoms with van der Waals surface area (Å²) < 4.78 is 82.2. The predicted octanol–water partition coefficient (Wildman–Crippen LogP) is 6.78. The summed E-state index contributed by atoms with van der Waals surface area (Å²) in [5.41, 5.74) is -3.96. The smallest absolute Gasteiger partial charge is 0.416 e. The first kappa shape index (κ1) is 32.4. The molecule has 0 spiro atoms. The molecule has 2 aliphatic heterocycles. The van der Waals surface area contributed by atoms with Crippen LogP contribution in [0.3, 0.4) is 0 Å². The standard InChI is InChI=1S/C33H22Cl2F6N2O5/c1-42-28(47)30(34)13-22-19(24(31(30,35)29(42)48)21-7-6-14-4-2-3-5-18(14)25(21)44)8-9-20-23(22)27(46)43(26(20)45)17-11-15(32(36,37)38)10-16(12-17)33(39,40)41/h2-8,10-12,20,22-24,44H,9,13H2,1H3. The van der Waals surface area contributed by atoms with Gasteiger partial charge in [0.1, 0.15) is 5.75 Å². The third kappa shape index (κ3) is 4.22. The lowest BCUT2D eigenvalue weighted by atomic mass is 9.56. The Labute approximate surface area is 277 Å². The van der Waals surface area contributed by atoms with E-state index in [0.717, 1.165) is 4.90 Å². The number of amides is 4. The molecular formula is C33H22Cl2F6N2O5. The average Bonchev–Trinajstić information content (AvgIpc) is 3.35. The van der Waals surface area contributed by atoms with E-state index in [4.69, 9.17) is 23.2 Å². The van der Waals surface area contributed by atoms with Gasteiger partial charge in [0.2, 0.25) is 11.8 Å². The van der Waals surface area contributed by atoms with E-state index in [1.165, 1.54) is 19.2 Å². The summed E-state index contributed by atoms with van der Waals surface area (Å²) in [6.45, 7) is 0. The fraction of sp³-hybridized carbons (Fsp3) is 0.333. The number of imide groups is 2. The first-order chi connectivity index (χ1) is 22.3. The Morgan fingerprint density at radius 1 is 0.833 bits per heavy atom. The summed E-state index contributed by atoms with van der Waals surface area (Å²) >= 11 is 14.2. The van der Waals surface area contributed by atoms with Crippen molar-refractivity contribution in [2.24, 2.45) is 17.8 Å². The van der Waals surface area contributed by atoms with Gasteiger partial charge in [-0.15, -0.1) is 23.2 Å². The van der Waals surface area contributed by atoms with E-state index in [0.29, 0.717) is 27.8 Å². The molecule has 7 rings (SSSR count). The minimum atomic E-state index is -5.24. The first-order valence-corrected chi connectivity index (χ1v) is 15.4. The average molecular weight is 711 g/mol. The lowest BCUT2D eigenvalue weighted by Crippen LogP contribution is -2.60. The van der Waals surface area contributed by atoms with Crippen LogP contribution in [0.4, 0.5) is 32.0 Å². The van der Waals surface area contributed by atoms with Gasteiger partial charge in [0.15, 0.2) is 9.75 Å². The monoisotopic (exact) mass is 710 g/mol. The Morgan fingerprint density at radius 3 is 2.08 bits per heavy atom. The summed E-state index contributed by atoms with van der Waals surface area (Å²) in [6.07, 6.45) is -9.61. The second-order valence-corrected chi connectivity index (χ2v) is 13.7. The number of allylic oxidation sites excluding steroid dienone is 2. The molecule has 6 atom stereocenters. The van der Waals surface area contributed by atoms with Crippen molar-refractivity contribution >= 4 is 63.3 Å². The van der Waals surface area contributed by atoms with E-state index >= 15 is 0 Å². The first-order valence-electron chi connectivity index (χ1n) is 14.6. The van der Waals surface area contributed by atoms with Crippen LogP contribution in [0, 0.1) is 17.8 Å². The molecule has 3 fully saturated rings. The zero-order chi connectivity index (χ0) is 34.9. The van der Waals surface area contributed by atoms with Crippen LogP contribution >= 0.6 is 23.2 Å². The van der Waals surface area contributed by atoms with Crippen LogP contribution in [0.5, 0.6) is 5.75 Å². The minimum absolute atomic E-state index is 0.0981. The number of aromatic hydroxyl groups is 1. The van der Waals surface area contributed by atoms with E-state index in [1.54, 1.807) is 30.3 Å². The van der Waals surface area contributed by atoms with E-state index in [9.17, 15) is 50.6 Å². The molecule has 4 amide bonds. The molecule has 3 aromatic carbocycles. The van der Waals surface area contributed by atoms with Crippen LogP contribution in [0.25, 0.3) is 10.8 Å². The summed E-state index contributed by atoms with van der Waals surface area (Å²) in [7, 11) is 1.17. The van der Waals surface area contributed by atoms with Crippen molar-refractivity contribution in [1.82, 2.24) is 4.90 Å². The molecule has 48 heavy (non-hydrogen) atoms. The van der Waals surface area contributed by atoms with E-state index in [2.05, 4.69) is 0 Å². The summed E-state index contributed by atoms with van der Waals surface area (Å²) in [4.78, 5) is 51.9. The minimum Gasteiger partial charge on any atom is -0.507 e. The van der Waals surface area contributed by atoms with Crippen molar-refractivity contribution in [1.29, 1.82) is 0 Å². The highest BCUT2D eigenvalue weighted by molar-refractivity contribution is 6.53.